The van der Waals surface area contributed by atoms with E-state index in [2.05, 4.69) is 15.1 Å². The van der Waals surface area contributed by atoms with Crippen molar-refractivity contribution in [2.75, 3.05) is 39.3 Å². The molecule has 6 heteroatoms. The fourth-order valence-corrected chi connectivity index (χ4v) is 2.33. The molecule has 0 bridgehead atoms. The van der Waals surface area contributed by atoms with Crippen molar-refractivity contribution in [3.8, 4) is 0 Å². The molecule has 0 saturated carbocycles. The molecule has 1 saturated heterocycles. The zero-order chi connectivity index (χ0) is 13.5. The Kier molecular flexibility index (Phi) is 6.07. The molecule has 0 unspecified atom stereocenters. The maximum Gasteiger partial charge on any atom is 0.234 e. The van der Waals surface area contributed by atoms with Gasteiger partial charge in [-0.3, -0.25) is 19.4 Å². The number of carbonyl (C=O) groups excluding carboxylic acids is 2. The molecule has 0 radical (unpaired) electrons. The summed E-state index contributed by atoms with van der Waals surface area (Å²) in [7, 11) is 0. The fraction of sp³-hybridized carbons (Fsp3) is 0.833. The summed E-state index contributed by atoms with van der Waals surface area (Å²) in [4.78, 5) is 26.9. The van der Waals surface area contributed by atoms with Crippen molar-refractivity contribution in [2.45, 2.75) is 26.3 Å². The van der Waals surface area contributed by atoms with Gasteiger partial charge in [-0.2, -0.15) is 0 Å². The van der Waals surface area contributed by atoms with Gasteiger partial charge in [-0.1, -0.05) is 6.92 Å². The van der Waals surface area contributed by atoms with Gasteiger partial charge in [0.05, 0.1) is 12.6 Å². The third kappa shape index (κ3) is 4.27. The average molecular weight is 256 g/mol. The molecule has 0 aromatic rings. The van der Waals surface area contributed by atoms with Crippen LogP contribution in [0.3, 0.4) is 0 Å². The molecule has 104 valence electrons. The van der Waals surface area contributed by atoms with Gasteiger partial charge in [0.15, 0.2) is 0 Å². The van der Waals surface area contributed by atoms with Gasteiger partial charge in [0.1, 0.15) is 0 Å². The zero-order valence-corrected chi connectivity index (χ0v) is 11.3. The van der Waals surface area contributed by atoms with Gasteiger partial charge < -0.3 is 11.1 Å². The first-order valence-electron chi connectivity index (χ1n) is 6.60. The number of primary amides is 1. The van der Waals surface area contributed by atoms with Crippen molar-refractivity contribution in [2.24, 2.45) is 5.73 Å². The Balaban J connectivity index is 2.36. The summed E-state index contributed by atoms with van der Waals surface area (Å²) in [6, 6.07) is -0.170. The predicted octanol–water partition coefficient (Wildman–Crippen LogP) is -0.996. The first-order valence-corrected chi connectivity index (χ1v) is 6.60. The number of hydrogen-bond donors (Lipinski definition) is 2. The lowest BCUT2D eigenvalue weighted by Crippen LogP contribution is -2.55. The van der Waals surface area contributed by atoms with E-state index in [4.69, 9.17) is 5.73 Å². The highest BCUT2D eigenvalue weighted by molar-refractivity contribution is 5.79. The molecule has 0 spiro atoms. The Bertz CT molecular complexity index is 288. The number of amides is 2. The van der Waals surface area contributed by atoms with E-state index in [1.165, 1.54) is 0 Å². The Hall–Kier alpha value is -1.14. The molecule has 6 nitrogen and oxygen atoms in total. The summed E-state index contributed by atoms with van der Waals surface area (Å²) in [5.74, 6) is -0.192. The van der Waals surface area contributed by atoms with Crippen LogP contribution < -0.4 is 11.1 Å². The lowest BCUT2D eigenvalue weighted by Gasteiger charge is -2.37. The van der Waals surface area contributed by atoms with Crippen LogP contribution in [0.1, 0.15) is 20.3 Å². The lowest BCUT2D eigenvalue weighted by molar-refractivity contribution is -0.126. The number of nitrogens with one attached hydrogen (secondary N) is 1. The maximum atomic E-state index is 11.5. The van der Waals surface area contributed by atoms with Gasteiger partial charge >= 0.3 is 0 Å². The molecule has 1 aliphatic rings. The molecule has 1 fully saturated rings. The molecule has 0 aromatic carbocycles. The number of rotatable bonds is 6. The second-order valence-corrected chi connectivity index (χ2v) is 4.59. The van der Waals surface area contributed by atoms with Crippen molar-refractivity contribution >= 4 is 11.8 Å². The van der Waals surface area contributed by atoms with Crippen LogP contribution >= 0.6 is 0 Å². The standard InChI is InChI=1S/C12H24N4O2/c1-3-10(12(13)18)16-7-5-15(6-8-16)9-11(17)14-4-2/h10H,3-9H2,1-2H3,(H2,13,18)(H,14,17)/t10-/m1/s1. The first kappa shape index (κ1) is 14.9. The maximum absolute atomic E-state index is 11.5. The van der Waals surface area contributed by atoms with Crippen LogP contribution in [0.25, 0.3) is 0 Å². The molecule has 1 rings (SSSR count). The van der Waals surface area contributed by atoms with Gasteiger partial charge in [-0.05, 0) is 13.3 Å². The lowest BCUT2D eigenvalue weighted by atomic mass is 10.1. The number of nitrogens with zero attached hydrogens (tertiary/aromatic N) is 2. The largest absolute Gasteiger partial charge is 0.368 e. The van der Waals surface area contributed by atoms with Gasteiger partial charge in [0.25, 0.3) is 0 Å². The smallest absolute Gasteiger partial charge is 0.234 e. The van der Waals surface area contributed by atoms with Crippen LogP contribution in [0.2, 0.25) is 0 Å². The Morgan fingerprint density at radius 2 is 1.83 bits per heavy atom. The highest BCUT2D eigenvalue weighted by Crippen LogP contribution is 2.08. The van der Waals surface area contributed by atoms with Gasteiger partial charge in [-0.25, -0.2) is 0 Å². The molecule has 18 heavy (non-hydrogen) atoms. The Labute approximate surface area is 108 Å². The Morgan fingerprint density at radius 3 is 2.28 bits per heavy atom. The summed E-state index contributed by atoms with van der Waals surface area (Å²) in [6.45, 7) is 8.18. The number of piperazine rings is 1. The number of hydrogen-bond acceptors (Lipinski definition) is 4. The minimum atomic E-state index is -0.255. The highest BCUT2D eigenvalue weighted by Gasteiger charge is 2.26. The van der Waals surface area contributed by atoms with Crippen LogP contribution in [0.15, 0.2) is 0 Å². The fourth-order valence-electron chi connectivity index (χ4n) is 2.33. The highest BCUT2D eigenvalue weighted by atomic mass is 16.2. The van der Waals surface area contributed by atoms with E-state index < -0.39 is 0 Å². The van der Waals surface area contributed by atoms with Gasteiger partial charge in [-0.15, -0.1) is 0 Å². The Morgan fingerprint density at radius 1 is 1.22 bits per heavy atom. The molecule has 0 aromatic heterocycles. The van der Waals surface area contributed by atoms with Crippen molar-refractivity contribution < 1.29 is 9.59 Å². The topological polar surface area (TPSA) is 78.7 Å². The van der Waals surface area contributed by atoms with Crippen LogP contribution in [0.5, 0.6) is 0 Å². The van der Waals surface area contributed by atoms with Crippen molar-refractivity contribution in [1.29, 1.82) is 0 Å². The monoisotopic (exact) mass is 256 g/mol. The van der Waals surface area contributed by atoms with Crippen molar-refractivity contribution in [3.63, 3.8) is 0 Å². The normalized spacial score (nSPS) is 19.4. The molecule has 0 aliphatic carbocycles. The third-order valence-corrected chi connectivity index (χ3v) is 3.30. The molecule has 1 atom stereocenters. The number of likely N-dealkylation sites (N-methyl/N-ethyl adjacent to an activating group) is 1. The van der Waals surface area contributed by atoms with Crippen LogP contribution in [0.4, 0.5) is 0 Å². The summed E-state index contributed by atoms with van der Waals surface area (Å²) in [5.41, 5.74) is 5.37. The second-order valence-electron chi connectivity index (χ2n) is 4.59. The number of nitrogens with two attached hydrogens (primary N) is 1. The average Bonchev–Trinajstić information content (AvgIpc) is 2.32. The van der Waals surface area contributed by atoms with E-state index in [0.29, 0.717) is 13.1 Å². The van der Waals surface area contributed by atoms with Crippen molar-refractivity contribution in [1.82, 2.24) is 15.1 Å². The molecule has 3 N–H and O–H groups in total. The SMILES string of the molecule is CCNC(=O)CN1CCN([C@H](CC)C(N)=O)CC1. The van der Waals surface area contributed by atoms with Crippen LogP contribution in [-0.4, -0.2) is 66.9 Å². The molecular formula is C12H24N4O2. The molecule has 2 amide bonds. The van der Waals surface area contributed by atoms with E-state index in [1.54, 1.807) is 0 Å². The van der Waals surface area contributed by atoms with Gasteiger partial charge in [0.2, 0.25) is 11.8 Å². The van der Waals surface area contributed by atoms with E-state index in [0.717, 1.165) is 32.6 Å². The molecule has 1 heterocycles. The molecule has 1 aliphatic heterocycles. The zero-order valence-electron chi connectivity index (χ0n) is 11.3. The van der Waals surface area contributed by atoms with E-state index >= 15 is 0 Å². The third-order valence-electron chi connectivity index (χ3n) is 3.30. The first-order chi connectivity index (χ1) is 8.58. The summed E-state index contributed by atoms with van der Waals surface area (Å²) >= 11 is 0. The summed E-state index contributed by atoms with van der Waals surface area (Å²) < 4.78 is 0. The molecular weight excluding hydrogens is 232 g/mol. The second kappa shape index (κ2) is 7.33. The minimum absolute atomic E-state index is 0.0629. The summed E-state index contributed by atoms with van der Waals surface area (Å²) in [6.07, 6.45) is 0.742. The minimum Gasteiger partial charge on any atom is -0.368 e. The van der Waals surface area contributed by atoms with Gasteiger partial charge in [0, 0.05) is 32.7 Å². The summed E-state index contributed by atoms with van der Waals surface area (Å²) in [5, 5.41) is 2.79. The quantitative estimate of drug-likeness (QED) is 0.639. The van der Waals surface area contributed by atoms with Crippen molar-refractivity contribution in [3.05, 3.63) is 0 Å². The number of carbonyl (C=O) groups is 2. The van der Waals surface area contributed by atoms with E-state index in [-0.39, 0.29) is 17.9 Å². The van der Waals surface area contributed by atoms with Crippen LogP contribution in [0, 0.1) is 0 Å². The predicted molar refractivity (Wildman–Crippen MR) is 70.0 cm³/mol. The van der Waals surface area contributed by atoms with Crippen LogP contribution in [-0.2, 0) is 9.59 Å². The van der Waals surface area contributed by atoms with E-state index in [1.807, 2.05) is 13.8 Å². The van der Waals surface area contributed by atoms with E-state index in [9.17, 15) is 9.59 Å².